The molecule has 0 spiro atoms. The third-order valence-electron chi connectivity index (χ3n) is 20.2. The van der Waals surface area contributed by atoms with E-state index in [0.717, 1.165) is 151 Å². The van der Waals surface area contributed by atoms with E-state index in [0.29, 0.717) is 40.8 Å². The van der Waals surface area contributed by atoms with Gasteiger partial charge in [-0.15, -0.1) is 22.7 Å². The smallest absolute Gasteiger partial charge is 0.455 e. The van der Waals surface area contributed by atoms with Crippen LogP contribution in [0.4, 0.5) is 0 Å². The first kappa shape index (κ1) is 67.7. The fraction of sp³-hybridized carbons (Fsp3) is 0.0652. The summed E-state index contributed by atoms with van der Waals surface area (Å²) in [5.41, 5.74) is 15.4. The molecule has 1 aliphatic heterocycles. The fourth-order valence-corrected chi connectivity index (χ4v) is 16.4. The van der Waals surface area contributed by atoms with E-state index in [9.17, 15) is 0 Å². The average molecular weight is 1480 g/mol. The summed E-state index contributed by atoms with van der Waals surface area (Å²) in [6.07, 6.45) is 0. The highest BCUT2D eigenvalue weighted by molar-refractivity contribution is 7.26. The normalized spacial score (nSPS) is 13.2. The molecule has 20 aromatic rings. The Labute approximate surface area is 644 Å². The maximum Gasteiger partial charge on any atom is 0.494 e. The maximum absolute atomic E-state index is 6.44. The van der Waals surface area contributed by atoms with Gasteiger partial charge in [0.25, 0.3) is 0 Å². The Bertz CT molecular complexity index is 6760. The minimum absolute atomic E-state index is 0.202. The van der Waals surface area contributed by atoms with Crippen LogP contribution in [0.25, 0.3) is 187 Å². The monoisotopic (exact) mass is 1480 g/mol. The Hall–Kier alpha value is -12.9. The van der Waals surface area contributed by atoms with Gasteiger partial charge < -0.3 is 18.1 Å². The van der Waals surface area contributed by atoms with Gasteiger partial charge in [0.2, 0.25) is 5.28 Å². The molecule has 0 saturated carbocycles. The third kappa shape index (κ3) is 12.7. The molecule has 14 nitrogen and oxygen atoms in total. The molecule has 1 saturated heterocycles. The molecule has 0 bridgehead atoms. The minimum Gasteiger partial charge on any atom is -0.455 e. The summed E-state index contributed by atoms with van der Waals surface area (Å²) >= 11 is 9.40. The Kier molecular flexibility index (Phi) is 17.3. The first-order chi connectivity index (χ1) is 53.9. The van der Waals surface area contributed by atoms with Gasteiger partial charge in [-0.3, -0.25) is 0 Å². The molecule has 0 N–H and O–H groups in total. The van der Waals surface area contributed by atoms with Gasteiger partial charge in [0.1, 0.15) is 22.3 Å². The van der Waals surface area contributed by atoms with Gasteiger partial charge in [0, 0.05) is 80.7 Å². The van der Waals surface area contributed by atoms with Crippen LogP contribution < -0.4 is 5.46 Å². The lowest BCUT2D eigenvalue weighted by atomic mass is 9.78. The lowest BCUT2D eigenvalue weighted by Gasteiger charge is -2.32. The van der Waals surface area contributed by atoms with Crippen LogP contribution in [0.3, 0.4) is 0 Å². The van der Waals surface area contributed by atoms with Gasteiger partial charge in [-0.1, -0.05) is 255 Å². The van der Waals surface area contributed by atoms with Crippen LogP contribution in [-0.2, 0) is 9.31 Å². The first-order valence-corrected chi connectivity index (χ1v) is 38.1. The number of fused-ring (bicyclic) bond motifs is 12. The lowest BCUT2D eigenvalue weighted by Crippen LogP contribution is -2.41. The Morgan fingerprint density at radius 2 is 0.636 bits per heavy atom. The molecule has 0 aliphatic carbocycles. The fourth-order valence-electron chi connectivity index (χ4n) is 14.0. The van der Waals surface area contributed by atoms with Crippen molar-refractivity contribution >= 4 is 131 Å². The molecule has 21 rings (SSSR count). The van der Waals surface area contributed by atoms with E-state index >= 15 is 0 Å². The highest BCUT2D eigenvalue weighted by Crippen LogP contribution is 2.46. The molecular weight excluding hydrogens is 1420 g/mol. The Balaban J connectivity index is 0.000000122. The van der Waals surface area contributed by atoms with Crippen LogP contribution in [-0.4, -0.2) is 68.2 Å². The van der Waals surface area contributed by atoms with Crippen LogP contribution in [0.5, 0.6) is 0 Å². The SMILES string of the molecule is CC1(C)OB(c2ccc3sc4c(-c5ccccc5)nc(-c5cccc6c5oc5ccccc56)nc4c3c2)OC1(C)C.Clc1nc(-c2ccccc2)nc(-c2ccccc2)n1.c1ccc(-c2nc(-c3ccccc3)nc(-c3ccc4sc5c(-c6ccccc6)nc(-c6cccc7c6oc6ccccc67)nc5c4c3)n2)cc1. The standard InChI is InChI=1S/C43H25N5OS.C34H27BN2O3S.C15H10ClN3/c1-4-13-26(14-5-1)36-39-37(45-43(44-36)32-21-12-20-31-30-19-10-11-22-34(30)49-38(31)32)33-25-29(23-24-35(33)50-39)42-47-40(27-15-6-2-7-16-27)46-41(48-42)28-17-8-3-9-18-28;1-33(2)34(3,4)40-35(39-33)21-17-18-27-25(19-21)29-31(41-27)28(20-11-6-5-7-12-20)36-32(37-29)24-15-10-14-23-22-13-8-9-16-26(22)38-30(23)24;16-15-18-13(11-7-3-1-4-8-11)17-14(19-15)12-9-5-2-6-10-12/h1-25H;5-19H,1-4H3;1-10H. The second-order valence-electron chi connectivity index (χ2n) is 27.7. The molecule has 526 valence electrons. The van der Waals surface area contributed by atoms with Crippen molar-refractivity contribution in [3.63, 3.8) is 0 Å². The number of hydrogen-bond donors (Lipinski definition) is 0. The number of aromatic nitrogens is 10. The van der Waals surface area contributed by atoms with Gasteiger partial charge in [-0.05, 0) is 93.3 Å². The van der Waals surface area contributed by atoms with Crippen LogP contribution in [0.2, 0.25) is 5.28 Å². The number of halogens is 1. The van der Waals surface area contributed by atoms with E-state index in [4.69, 9.17) is 64.6 Å². The summed E-state index contributed by atoms with van der Waals surface area (Å²) < 4.78 is 29.9. The maximum atomic E-state index is 6.44. The predicted molar refractivity (Wildman–Crippen MR) is 447 cm³/mol. The quantitative estimate of drug-likeness (QED) is 0.118. The van der Waals surface area contributed by atoms with Crippen LogP contribution in [0.1, 0.15) is 27.7 Å². The topological polar surface area (TPSA) is 174 Å². The largest absolute Gasteiger partial charge is 0.494 e. The summed E-state index contributed by atoms with van der Waals surface area (Å²) in [5, 5.41) is 6.54. The van der Waals surface area contributed by atoms with E-state index in [1.165, 1.54) is 0 Å². The average Bonchev–Trinajstić information content (AvgIpc) is 1.58. The van der Waals surface area contributed by atoms with Crippen molar-refractivity contribution in [3.05, 3.63) is 309 Å². The van der Waals surface area contributed by atoms with Gasteiger partial charge >= 0.3 is 7.12 Å². The predicted octanol–water partition coefficient (Wildman–Crippen LogP) is 23.5. The van der Waals surface area contributed by atoms with Gasteiger partial charge in [0.05, 0.1) is 54.2 Å². The van der Waals surface area contributed by atoms with Crippen molar-refractivity contribution in [1.82, 2.24) is 49.8 Å². The molecular formula is C92H62BClN10O4S2. The number of rotatable bonds is 10. The van der Waals surface area contributed by atoms with Crippen LogP contribution in [0.15, 0.2) is 312 Å². The van der Waals surface area contributed by atoms with Crippen molar-refractivity contribution in [3.8, 4) is 102 Å². The zero-order chi connectivity index (χ0) is 74.0. The molecule has 1 aliphatic rings. The Morgan fingerprint density at radius 3 is 1.05 bits per heavy atom. The molecule has 110 heavy (non-hydrogen) atoms. The second-order valence-corrected chi connectivity index (χ2v) is 30.2. The van der Waals surface area contributed by atoms with Crippen molar-refractivity contribution in [2.45, 2.75) is 38.9 Å². The van der Waals surface area contributed by atoms with Crippen molar-refractivity contribution in [2.75, 3.05) is 0 Å². The molecule has 9 heterocycles. The van der Waals surface area contributed by atoms with E-state index < -0.39 is 18.3 Å². The van der Waals surface area contributed by atoms with E-state index in [1.54, 1.807) is 22.7 Å². The number of hydrogen-bond acceptors (Lipinski definition) is 16. The van der Waals surface area contributed by atoms with Crippen molar-refractivity contribution in [1.29, 1.82) is 0 Å². The zero-order valence-corrected chi connectivity index (χ0v) is 62.1. The highest BCUT2D eigenvalue weighted by atomic mass is 35.5. The summed E-state index contributed by atoms with van der Waals surface area (Å²) in [4.78, 5) is 48.6. The van der Waals surface area contributed by atoms with Gasteiger partial charge in [-0.2, -0.15) is 9.97 Å². The number of furan rings is 2. The highest BCUT2D eigenvalue weighted by Gasteiger charge is 2.52. The number of thiophene rings is 2. The molecule has 0 unspecified atom stereocenters. The van der Waals surface area contributed by atoms with Crippen molar-refractivity contribution in [2.24, 2.45) is 0 Å². The molecule has 1 fully saturated rings. The molecule has 0 amide bonds. The Morgan fingerprint density at radius 1 is 0.291 bits per heavy atom. The zero-order valence-electron chi connectivity index (χ0n) is 59.7. The number of benzene rings is 12. The first-order valence-electron chi connectivity index (χ1n) is 36.0. The van der Waals surface area contributed by atoms with Crippen LogP contribution >= 0.6 is 34.3 Å². The molecule has 18 heteroatoms. The summed E-state index contributed by atoms with van der Waals surface area (Å²) in [5.74, 6) is 4.27. The number of para-hydroxylation sites is 4. The summed E-state index contributed by atoms with van der Waals surface area (Å²) in [6, 6.07) is 102. The third-order valence-corrected chi connectivity index (χ3v) is 22.7. The van der Waals surface area contributed by atoms with Gasteiger partial charge in [-0.25, -0.2) is 39.9 Å². The summed E-state index contributed by atoms with van der Waals surface area (Å²) in [7, 11) is -0.446. The summed E-state index contributed by atoms with van der Waals surface area (Å²) in [6.45, 7) is 8.32. The van der Waals surface area contributed by atoms with E-state index in [2.05, 4.69) is 140 Å². The molecule has 12 aromatic carbocycles. The van der Waals surface area contributed by atoms with Gasteiger partial charge in [0.15, 0.2) is 40.8 Å². The number of nitrogens with zero attached hydrogens (tertiary/aromatic N) is 10. The molecule has 0 radical (unpaired) electrons. The second kappa shape index (κ2) is 28.0. The van der Waals surface area contributed by atoms with Crippen molar-refractivity contribution < 1.29 is 18.1 Å². The minimum atomic E-state index is -0.446. The van der Waals surface area contributed by atoms with Crippen LogP contribution in [0, 0.1) is 0 Å². The van der Waals surface area contributed by atoms with E-state index in [1.807, 2.05) is 206 Å². The molecule has 8 aromatic heterocycles. The lowest BCUT2D eigenvalue weighted by molar-refractivity contribution is 0.00578. The van der Waals surface area contributed by atoms with E-state index in [-0.39, 0.29) is 5.28 Å². The molecule has 0 atom stereocenters.